The Morgan fingerprint density at radius 3 is 2.57 bits per heavy atom. The highest BCUT2D eigenvalue weighted by molar-refractivity contribution is 8.00. The van der Waals surface area contributed by atoms with E-state index in [1.807, 2.05) is 30.5 Å². The second-order valence-electron chi connectivity index (χ2n) is 7.37. The molecular formula is C24H22F3N5O2S. The molecule has 0 saturated heterocycles. The summed E-state index contributed by atoms with van der Waals surface area (Å²) in [6.07, 6.45) is 9.25. The number of aryl methyl sites for hydroxylation is 1. The quantitative estimate of drug-likeness (QED) is 0.196. The molecule has 182 valence electrons. The molecular weight excluding hydrogens is 479 g/mol. The van der Waals surface area contributed by atoms with Gasteiger partial charge in [-0.3, -0.25) is 4.68 Å². The number of ether oxygens (including phenoxy) is 1. The van der Waals surface area contributed by atoms with E-state index in [0.29, 0.717) is 19.0 Å². The zero-order chi connectivity index (χ0) is 24.5. The highest BCUT2D eigenvalue weighted by atomic mass is 32.2. The average molecular weight is 502 g/mol. The van der Waals surface area contributed by atoms with Gasteiger partial charge in [0, 0.05) is 35.8 Å². The summed E-state index contributed by atoms with van der Waals surface area (Å²) in [5.41, 5.74) is -1.92. The number of hydrogen-bond donors (Lipinski definition) is 1. The van der Waals surface area contributed by atoms with Gasteiger partial charge in [-0.1, -0.05) is 17.3 Å². The van der Waals surface area contributed by atoms with Gasteiger partial charge in [0.25, 0.3) is 0 Å². The molecule has 0 aliphatic rings. The van der Waals surface area contributed by atoms with Crippen LogP contribution >= 0.6 is 11.8 Å². The molecule has 0 radical (unpaired) electrons. The Morgan fingerprint density at radius 2 is 1.86 bits per heavy atom. The molecule has 0 aliphatic heterocycles. The standard InChI is InChI=1S/C24H22F3N5O2S/c25-24(26,27)35-22-9-2-18(3-10-22)4-11-23-30-20(17-34-23)16-28-19-5-7-21(8-6-19)33-15-1-13-32-14-12-29-31-32/h2-12,14,17,28H,1,13,15-16H2/b11-4+. The minimum Gasteiger partial charge on any atom is -0.494 e. The molecule has 1 N–H and O–H groups in total. The van der Waals surface area contributed by atoms with Gasteiger partial charge in [-0.2, -0.15) is 13.2 Å². The topological polar surface area (TPSA) is 78.0 Å². The normalized spacial score (nSPS) is 11.7. The third-order valence-corrected chi connectivity index (χ3v) is 5.44. The average Bonchev–Trinajstić information content (AvgIpc) is 3.52. The first-order chi connectivity index (χ1) is 16.9. The van der Waals surface area contributed by atoms with Gasteiger partial charge >= 0.3 is 5.51 Å². The van der Waals surface area contributed by atoms with Crippen molar-refractivity contribution in [3.8, 4) is 5.75 Å². The third kappa shape index (κ3) is 8.21. The molecule has 0 aliphatic carbocycles. The fraction of sp³-hybridized carbons (Fsp3) is 0.208. The summed E-state index contributed by atoms with van der Waals surface area (Å²) in [6.45, 7) is 1.80. The number of hydrogen-bond acceptors (Lipinski definition) is 7. The van der Waals surface area contributed by atoms with Gasteiger partial charge in [0.2, 0.25) is 5.89 Å². The van der Waals surface area contributed by atoms with Crippen LogP contribution in [0.1, 0.15) is 23.6 Å². The van der Waals surface area contributed by atoms with Gasteiger partial charge < -0.3 is 14.5 Å². The predicted molar refractivity (Wildman–Crippen MR) is 128 cm³/mol. The molecule has 35 heavy (non-hydrogen) atoms. The largest absolute Gasteiger partial charge is 0.494 e. The molecule has 2 aromatic carbocycles. The number of aromatic nitrogens is 4. The van der Waals surface area contributed by atoms with Gasteiger partial charge in [0.15, 0.2) is 0 Å². The first kappa shape index (κ1) is 24.4. The molecule has 11 heteroatoms. The molecule has 7 nitrogen and oxygen atoms in total. The summed E-state index contributed by atoms with van der Waals surface area (Å²) in [4.78, 5) is 4.53. The van der Waals surface area contributed by atoms with E-state index >= 15 is 0 Å². The van der Waals surface area contributed by atoms with Crippen molar-refractivity contribution in [1.29, 1.82) is 0 Å². The highest BCUT2D eigenvalue weighted by Gasteiger charge is 2.28. The van der Waals surface area contributed by atoms with Crippen molar-refractivity contribution in [1.82, 2.24) is 20.0 Å². The Labute approximate surface area is 204 Å². The number of benzene rings is 2. The van der Waals surface area contributed by atoms with Gasteiger partial charge in [0.1, 0.15) is 12.0 Å². The van der Waals surface area contributed by atoms with Crippen molar-refractivity contribution >= 4 is 29.6 Å². The molecule has 0 saturated carbocycles. The smallest absolute Gasteiger partial charge is 0.446 e. The lowest BCUT2D eigenvalue weighted by Crippen LogP contribution is -2.05. The number of oxazole rings is 1. The summed E-state index contributed by atoms with van der Waals surface area (Å²) < 4.78 is 50.2. The van der Waals surface area contributed by atoms with Crippen LogP contribution in [0.5, 0.6) is 5.75 Å². The van der Waals surface area contributed by atoms with E-state index in [2.05, 4.69) is 20.6 Å². The van der Waals surface area contributed by atoms with E-state index < -0.39 is 5.51 Å². The van der Waals surface area contributed by atoms with Crippen molar-refractivity contribution in [3.63, 3.8) is 0 Å². The molecule has 0 amide bonds. The van der Waals surface area contributed by atoms with Crippen molar-refractivity contribution in [2.75, 3.05) is 11.9 Å². The number of rotatable bonds is 11. The summed E-state index contributed by atoms with van der Waals surface area (Å²) in [5, 5.41) is 10.9. The van der Waals surface area contributed by atoms with Gasteiger partial charge in [0.05, 0.1) is 25.0 Å². The fourth-order valence-electron chi connectivity index (χ4n) is 3.06. The van der Waals surface area contributed by atoms with E-state index in [0.717, 1.165) is 35.7 Å². The van der Waals surface area contributed by atoms with Crippen LogP contribution in [-0.4, -0.2) is 32.1 Å². The van der Waals surface area contributed by atoms with E-state index in [4.69, 9.17) is 9.15 Å². The van der Waals surface area contributed by atoms with Crippen LogP contribution in [-0.2, 0) is 13.1 Å². The minimum absolute atomic E-state index is 0.138. The maximum atomic E-state index is 12.4. The van der Waals surface area contributed by atoms with E-state index in [1.165, 1.54) is 12.1 Å². The van der Waals surface area contributed by atoms with Crippen LogP contribution < -0.4 is 10.1 Å². The van der Waals surface area contributed by atoms with Crippen molar-refractivity contribution < 1.29 is 22.3 Å². The van der Waals surface area contributed by atoms with E-state index in [1.54, 1.807) is 41.4 Å². The molecule has 0 spiro atoms. The molecule has 0 atom stereocenters. The lowest BCUT2D eigenvalue weighted by Gasteiger charge is -2.08. The Kier molecular flexibility index (Phi) is 8.09. The van der Waals surface area contributed by atoms with Gasteiger partial charge in [-0.15, -0.1) is 5.10 Å². The van der Waals surface area contributed by atoms with Crippen molar-refractivity contribution in [3.05, 3.63) is 84.3 Å². The summed E-state index contributed by atoms with van der Waals surface area (Å²) in [7, 11) is 0. The molecule has 0 bridgehead atoms. The number of alkyl halides is 3. The molecule has 4 aromatic rings. The highest BCUT2D eigenvalue weighted by Crippen LogP contribution is 2.36. The fourth-order valence-corrected chi connectivity index (χ4v) is 3.60. The van der Waals surface area contributed by atoms with Crippen LogP contribution in [0.15, 0.2) is 76.5 Å². The van der Waals surface area contributed by atoms with Crippen molar-refractivity contribution in [2.45, 2.75) is 29.9 Å². The Balaban J connectivity index is 1.20. The third-order valence-electron chi connectivity index (χ3n) is 4.70. The number of nitrogens with zero attached hydrogens (tertiary/aromatic N) is 4. The van der Waals surface area contributed by atoms with Crippen LogP contribution in [0.25, 0.3) is 12.2 Å². The number of thioether (sulfide) groups is 1. The van der Waals surface area contributed by atoms with Crippen LogP contribution in [0.4, 0.5) is 18.9 Å². The lowest BCUT2D eigenvalue weighted by molar-refractivity contribution is -0.0328. The second-order valence-corrected chi connectivity index (χ2v) is 8.51. The Morgan fingerprint density at radius 1 is 1.06 bits per heavy atom. The van der Waals surface area contributed by atoms with Crippen LogP contribution in [0.2, 0.25) is 0 Å². The van der Waals surface area contributed by atoms with E-state index in [-0.39, 0.29) is 16.7 Å². The zero-order valence-electron chi connectivity index (χ0n) is 18.5. The SMILES string of the molecule is FC(F)(F)Sc1ccc(/C=C/c2nc(CNc3ccc(OCCCn4ccnn4)cc3)co2)cc1. The summed E-state index contributed by atoms with van der Waals surface area (Å²) in [6, 6.07) is 13.7. The minimum atomic E-state index is -4.30. The zero-order valence-corrected chi connectivity index (χ0v) is 19.3. The lowest BCUT2D eigenvalue weighted by atomic mass is 10.2. The van der Waals surface area contributed by atoms with Crippen LogP contribution in [0.3, 0.4) is 0 Å². The first-order valence-electron chi connectivity index (χ1n) is 10.7. The molecule has 0 fully saturated rings. The Bertz CT molecular complexity index is 1210. The maximum Gasteiger partial charge on any atom is 0.446 e. The number of nitrogens with one attached hydrogen (secondary N) is 1. The monoisotopic (exact) mass is 501 g/mol. The molecule has 2 heterocycles. The summed E-state index contributed by atoms with van der Waals surface area (Å²) >= 11 is -0.138. The molecule has 4 rings (SSSR count). The summed E-state index contributed by atoms with van der Waals surface area (Å²) in [5.74, 6) is 1.19. The Hall–Kier alpha value is -3.73. The van der Waals surface area contributed by atoms with E-state index in [9.17, 15) is 13.2 Å². The maximum absolute atomic E-state index is 12.4. The van der Waals surface area contributed by atoms with Crippen LogP contribution in [0, 0.1) is 0 Å². The van der Waals surface area contributed by atoms with Crippen molar-refractivity contribution in [2.24, 2.45) is 0 Å². The van der Waals surface area contributed by atoms with Gasteiger partial charge in [-0.25, -0.2) is 4.98 Å². The first-order valence-corrected chi connectivity index (χ1v) is 11.5. The number of halogens is 3. The van der Waals surface area contributed by atoms with Gasteiger partial charge in [-0.05, 0) is 59.8 Å². The molecule has 2 aromatic heterocycles. The second kappa shape index (κ2) is 11.6. The number of anilines is 1. The molecule has 0 unspecified atom stereocenters. The predicted octanol–water partition coefficient (Wildman–Crippen LogP) is 6.13.